The maximum absolute atomic E-state index is 13.2. The molecule has 0 aliphatic heterocycles. The summed E-state index contributed by atoms with van der Waals surface area (Å²) >= 11 is 0. The van der Waals surface area contributed by atoms with Crippen molar-refractivity contribution in [2.45, 2.75) is 9.79 Å². The van der Waals surface area contributed by atoms with Gasteiger partial charge in [-0.1, -0.05) is 30.3 Å². The molecule has 166 valence electrons. The van der Waals surface area contributed by atoms with Crippen LogP contribution in [0.2, 0.25) is 0 Å². The van der Waals surface area contributed by atoms with E-state index in [4.69, 9.17) is 5.73 Å². The molecule has 1 aliphatic rings. The van der Waals surface area contributed by atoms with E-state index in [2.05, 4.69) is 5.32 Å². The van der Waals surface area contributed by atoms with E-state index in [-0.39, 0.29) is 87.2 Å². The van der Waals surface area contributed by atoms with Gasteiger partial charge in [-0.3, -0.25) is 18.7 Å². The van der Waals surface area contributed by atoms with Gasteiger partial charge in [-0.15, -0.1) is 0 Å². The summed E-state index contributed by atoms with van der Waals surface area (Å²) in [6.07, 6.45) is 0. The van der Waals surface area contributed by atoms with Crippen molar-refractivity contribution < 1.29 is 35.5 Å². The van der Waals surface area contributed by atoms with Gasteiger partial charge in [0.25, 0.3) is 20.2 Å². The van der Waals surface area contributed by atoms with Crippen molar-refractivity contribution in [3.8, 4) is 0 Å². The van der Waals surface area contributed by atoms with Crippen molar-refractivity contribution in [1.82, 2.24) is 0 Å². The van der Waals surface area contributed by atoms with Gasteiger partial charge in [0.05, 0.1) is 27.4 Å². The Morgan fingerprint density at radius 1 is 0.735 bits per heavy atom. The summed E-state index contributed by atoms with van der Waals surface area (Å²) in [5.41, 5.74) is 4.58. The minimum absolute atomic E-state index is 0. The molecule has 0 heterocycles. The number of nitrogens with two attached hydrogens (primary N) is 1. The quantitative estimate of drug-likeness (QED) is 0.175. The summed E-state index contributed by atoms with van der Waals surface area (Å²) in [6.45, 7) is 0. The van der Waals surface area contributed by atoms with Crippen LogP contribution in [0, 0.1) is 0 Å². The fourth-order valence-electron chi connectivity index (χ4n) is 3.50. The van der Waals surface area contributed by atoms with Gasteiger partial charge in [0.15, 0.2) is 11.6 Å². The molecule has 3 aromatic carbocycles. The summed E-state index contributed by atoms with van der Waals surface area (Å²) in [7, 11) is -9.45. The zero-order valence-electron chi connectivity index (χ0n) is 17.9. The van der Waals surface area contributed by atoms with Crippen molar-refractivity contribution in [2.24, 2.45) is 0 Å². The fraction of sp³-hybridized carbons (Fsp3) is 0. The van der Waals surface area contributed by atoms with Crippen LogP contribution in [0.3, 0.4) is 0 Å². The van der Waals surface area contributed by atoms with Crippen LogP contribution in [0.1, 0.15) is 31.8 Å². The van der Waals surface area contributed by atoms with E-state index < -0.39 is 52.8 Å². The summed E-state index contributed by atoms with van der Waals surface area (Å²) in [4.78, 5) is 25.0. The molecule has 0 amide bonds. The van der Waals surface area contributed by atoms with Crippen LogP contribution in [0.15, 0.2) is 64.4 Å². The van der Waals surface area contributed by atoms with Crippen molar-refractivity contribution in [3.05, 3.63) is 76.9 Å². The van der Waals surface area contributed by atoms with Crippen LogP contribution in [-0.4, -0.2) is 96.6 Å². The average Bonchev–Trinajstić information content (AvgIpc) is 2.71. The third-order valence-electron chi connectivity index (χ3n) is 4.89. The van der Waals surface area contributed by atoms with E-state index in [0.717, 1.165) is 18.2 Å². The second-order valence-electron chi connectivity index (χ2n) is 6.89. The van der Waals surface area contributed by atoms with E-state index >= 15 is 0 Å². The first-order valence-corrected chi connectivity index (χ1v) is 11.7. The van der Waals surface area contributed by atoms with Crippen LogP contribution in [-0.2, 0) is 20.2 Å². The molecule has 2 radical (unpaired) electrons. The molecule has 0 saturated carbocycles. The fourth-order valence-corrected chi connectivity index (χ4v) is 4.67. The molecule has 34 heavy (non-hydrogen) atoms. The zero-order valence-corrected chi connectivity index (χ0v) is 23.6. The minimum atomic E-state index is -4.90. The van der Waals surface area contributed by atoms with E-state index in [0.29, 0.717) is 0 Å². The van der Waals surface area contributed by atoms with Gasteiger partial charge >= 0.3 is 0 Å². The number of benzene rings is 3. The van der Waals surface area contributed by atoms with Crippen molar-refractivity contribution in [2.75, 3.05) is 11.1 Å². The Morgan fingerprint density at radius 2 is 1.29 bits per heavy atom. The molecule has 5 N–H and O–H groups in total. The minimum Gasteiger partial charge on any atom is -0.397 e. The smallest absolute Gasteiger partial charge is 0.296 e. The molecule has 0 unspecified atom stereocenters. The van der Waals surface area contributed by atoms with Gasteiger partial charge in [-0.05, 0) is 24.3 Å². The largest absolute Gasteiger partial charge is 0.397 e. The first-order chi connectivity index (χ1) is 14.9. The third-order valence-corrected chi connectivity index (χ3v) is 6.63. The zero-order chi connectivity index (χ0) is 23.4. The second kappa shape index (κ2) is 10.2. The molecule has 0 atom stereocenters. The molecule has 1 aliphatic carbocycles. The van der Waals surface area contributed by atoms with Gasteiger partial charge < -0.3 is 11.1 Å². The predicted molar refractivity (Wildman–Crippen MR) is 125 cm³/mol. The molecular formula is C20H14N2Na2O8S2. The molecule has 0 bridgehead atoms. The van der Waals surface area contributed by atoms with Crippen LogP contribution >= 0.6 is 0 Å². The van der Waals surface area contributed by atoms with Gasteiger partial charge in [0, 0.05) is 75.9 Å². The number of nitrogen functional groups attached to an aromatic ring is 1. The number of hydrogen-bond donors (Lipinski definition) is 4. The summed E-state index contributed by atoms with van der Waals surface area (Å²) in [5.74, 6) is -1.34. The number of carbonyl (C=O) groups is 2. The van der Waals surface area contributed by atoms with Crippen molar-refractivity contribution >= 4 is 108 Å². The monoisotopic (exact) mass is 520 g/mol. The topological polar surface area (TPSA) is 181 Å². The summed E-state index contributed by atoms with van der Waals surface area (Å²) in [5, 5.41) is 2.69. The van der Waals surface area contributed by atoms with E-state index in [1.165, 1.54) is 30.3 Å². The number of carbonyl (C=O) groups excluding carboxylic acids is 2. The van der Waals surface area contributed by atoms with E-state index in [1.54, 1.807) is 6.07 Å². The van der Waals surface area contributed by atoms with Crippen molar-refractivity contribution in [1.29, 1.82) is 0 Å². The summed E-state index contributed by atoms with van der Waals surface area (Å²) in [6, 6.07) is 11.6. The Kier molecular flexibility index (Phi) is 8.59. The van der Waals surface area contributed by atoms with Crippen molar-refractivity contribution in [3.63, 3.8) is 0 Å². The number of fused-ring (bicyclic) bond motifs is 2. The Labute approximate surface area is 239 Å². The van der Waals surface area contributed by atoms with Gasteiger partial charge in [0.2, 0.25) is 0 Å². The number of ketones is 2. The maximum Gasteiger partial charge on any atom is 0.296 e. The molecule has 0 aromatic heterocycles. The Morgan fingerprint density at radius 3 is 1.82 bits per heavy atom. The molecule has 3 aromatic rings. The Hall–Kier alpha value is -1.58. The van der Waals surface area contributed by atoms with Crippen LogP contribution in [0.25, 0.3) is 0 Å². The number of anilines is 3. The first kappa shape index (κ1) is 28.7. The second-order valence-corrected chi connectivity index (χ2v) is 9.70. The Balaban J connectivity index is 0.00000204. The molecule has 10 nitrogen and oxygen atoms in total. The van der Waals surface area contributed by atoms with Crippen LogP contribution in [0.4, 0.5) is 17.1 Å². The molecule has 0 fully saturated rings. The van der Waals surface area contributed by atoms with E-state index in [1.807, 2.05) is 0 Å². The predicted octanol–water partition coefficient (Wildman–Crippen LogP) is 1.52. The van der Waals surface area contributed by atoms with E-state index in [9.17, 15) is 35.5 Å². The molecule has 4 rings (SSSR count). The van der Waals surface area contributed by atoms with Gasteiger partial charge in [-0.2, -0.15) is 16.8 Å². The number of nitrogens with one attached hydrogen (secondary N) is 1. The van der Waals surface area contributed by atoms with Gasteiger partial charge in [-0.25, -0.2) is 0 Å². The van der Waals surface area contributed by atoms with Crippen LogP contribution in [0.5, 0.6) is 0 Å². The number of rotatable bonds is 4. The van der Waals surface area contributed by atoms with Gasteiger partial charge in [0.1, 0.15) is 4.90 Å². The standard InChI is InChI=1S/C20H14N2O8S2.2Na/c21-18-15(32(28,29)30)9-14(22-10-4-3-5-11(8-10)31(25,26)27)16-17(18)20(24)13-7-2-1-6-12(13)19(16)23;;/h1-9,22H,21H2,(H,25,26,27)(H,28,29,30);;. The van der Waals surface area contributed by atoms with Crippen LogP contribution < -0.4 is 11.1 Å². The SMILES string of the molecule is Nc1c(S(=O)(=O)O)cc(Nc2cccc(S(=O)(=O)O)c2)c2c1C(=O)c1ccccc1C2=O.[Na].[Na]. The number of hydrogen-bond acceptors (Lipinski definition) is 8. The summed E-state index contributed by atoms with van der Waals surface area (Å²) < 4.78 is 65.5. The average molecular weight is 520 g/mol. The molecule has 0 spiro atoms. The Bertz CT molecular complexity index is 1550. The molecule has 14 heteroatoms. The molecule has 0 saturated heterocycles. The normalized spacial score (nSPS) is 12.6. The third kappa shape index (κ3) is 5.16. The first-order valence-electron chi connectivity index (χ1n) is 8.86. The maximum atomic E-state index is 13.2. The molecular weight excluding hydrogens is 506 g/mol.